The van der Waals surface area contributed by atoms with Gasteiger partial charge in [-0.25, -0.2) is 4.98 Å². The number of nitrogens with one attached hydrogen (secondary N) is 2. The zero-order valence-corrected chi connectivity index (χ0v) is 20.5. The van der Waals surface area contributed by atoms with E-state index in [4.69, 9.17) is 22.1 Å². The Balaban J connectivity index is 1.54. The summed E-state index contributed by atoms with van der Waals surface area (Å²) < 4.78 is 5.80. The molecule has 0 radical (unpaired) electrons. The van der Waals surface area contributed by atoms with E-state index in [-0.39, 0.29) is 23.3 Å². The summed E-state index contributed by atoms with van der Waals surface area (Å²) in [5, 5.41) is 6.30. The smallest absolute Gasteiger partial charge is 0.271 e. The predicted octanol–water partition coefficient (Wildman–Crippen LogP) is 3.64. The molecule has 1 aliphatic heterocycles. The van der Waals surface area contributed by atoms with Crippen LogP contribution >= 0.6 is 11.6 Å². The summed E-state index contributed by atoms with van der Waals surface area (Å²) in [7, 11) is 2.10. The molecule has 1 aromatic heterocycles. The van der Waals surface area contributed by atoms with Crippen LogP contribution in [0.3, 0.4) is 0 Å². The molecule has 1 fully saturated rings. The fourth-order valence-electron chi connectivity index (χ4n) is 3.67. The third-order valence-corrected chi connectivity index (χ3v) is 5.85. The molecule has 186 valence electrons. The second kappa shape index (κ2) is 11.1. The molecule has 11 heteroatoms. The number of primary amides is 1. The van der Waals surface area contributed by atoms with E-state index in [2.05, 4.69) is 44.0 Å². The first-order valence-corrected chi connectivity index (χ1v) is 11.6. The molecule has 1 saturated heterocycles. The number of nitrogens with zero attached hydrogens (tertiary/aromatic N) is 4. The molecule has 4 N–H and O–H groups in total. The van der Waals surface area contributed by atoms with E-state index in [1.54, 1.807) is 30.3 Å². The zero-order chi connectivity index (χ0) is 25.7. The van der Waals surface area contributed by atoms with E-state index >= 15 is 0 Å². The molecule has 1 aliphatic rings. The number of likely N-dealkylation sites (N-methyl/N-ethyl adjacent to an activating group) is 1. The van der Waals surface area contributed by atoms with Gasteiger partial charge in [0.25, 0.3) is 5.91 Å². The third-order valence-electron chi connectivity index (χ3n) is 5.55. The van der Waals surface area contributed by atoms with E-state index in [1.165, 1.54) is 12.3 Å². The first kappa shape index (κ1) is 25.0. The van der Waals surface area contributed by atoms with Gasteiger partial charge < -0.3 is 30.9 Å². The van der Waals surface area contributed by atoms with E-state index in [9.17, 15) is 9.59 Å². The largest absolute Gasteiger partial charge is 0.437 e. The Labute approximate surface area is 213 Å². The lowest BCUT2D eigenvalue weighted by atomic mass is 10.2. The van der Waals surface area contributed by atoms with Crippen LogP contribution in [0.15, 0.2) is 61.3 Å². The Morgan fingerprint density at radius 3 is 2.61 bits per heavy atom. The number of halogens is 1. The van der Waals surface area contributed by atoms with Gasteiger partial charge in [-0.2, -0.15) is 4.98 Å². The maximum absolute atomic E-state index is 12.0. The summed E-state index contributed by atoms with van der Waals surface area (Å²) in [5.41, 5.74) is 7.53. The van der Waals surface area contributed by atoms with Crippen molar-refractivity contribution < 1.29 is 14.3 Å². The molecule has 2 amide bonds. The lowest BCUT2D eigenvalue weighted by molar-refractivity contribution is -0.111. The number of carbonyl (C=O) groups is 2. The highest BCUT2D eigenvalue weighted by atomic mass is 35.5. The van der Waals surface area contributed by atoms with Crippen molar-refractivity contribution in [3.8, 4) is 11.6 Å². The Hall–Kier alpha value is -4.15. The van der Waals surface area contributed by atoms with Gasteiger partial charge in [0.05, 0.1) is 16.9 Å². The van der Waals surface area contributed by atoms with Gasteiger partial charge in [0.2, 0.25) is 11.8 Å². The van der Waals surface area contributed by atoms with Crippen molar-refractivity contribution in [1.29, 1.82) is 0 Å². The van der Waals surface area contributed by atoms with Gasteiger partial charge in [-0.15, -0.1) is 0 Å². The minimum atomic E-state index is -0.745. The molecule has 2 heterocycles. The van der Waals surface area contributed by atoms with Crippen molar-refractivity contribution in [2.75, 3.05) is 48.8 Å². The van der Waals surface area contributed by atoms with Crippen molar-refractivity contribution in [3.63, 3.8) is 0 Å². The molecule has 0 unspecified atom stereocenters. The number of rotatable bonds is 8. The van der Waals surface area contributed by atoms with E-state index < -0.39 is 5.91 Å². The standard InChI is InChI=1S/C25H26ClN7O3/c1-3-21(34)29-16-5-4-6-18(13-16)36-22-15-28-23(24(27)35)25(31-22)30-17-7-8-20(19(26)14-17)33-11-9-32(2)10-12-33/h3-8,13-15H,1,9-12H2,2H3,(H2,27,35)(H,29,34)(H,30,31). The number of aromatic nitrogens is 2. The number of nitrogens with two attached hydrogens (primary N) is 1. The summed E-state index contributed by atoms with van der Waals surface area (Å²) >= 11 is 6.58. The van der Waals surface area contributed by atoms with Crippen LogP contribution in [0.25, 0.3) is 0 Å². The number of anilines is 4. The van der Waals surface area contributed by atoms with Gasteiger partial charge in [0, 0.05) is 43.6 Å². The predicted molar refractivity (Wildman–Crippen MR) is 140 cm³/mol. The fraction of sp³-hybridized carbons (Fsp3) is 0.200. The van der Waals surface area contributed by atoms with Crippen molar-refractivity contribution in [2.45, 2.75) is 0 Å². The van der Waals surface area contributed by atoms with Gasteiger partial charge >= 0.3 is 0 Å². The fourth-order valence-corrected chi connectivity index (χ4v) is 3.97. The van der Waals surface area contributed by atoms with Crippen LogP contribution in [0.4, 0.5) is 22.9 Å². The first-order valence-electron chi connectivity index (χ1n) is 11.2. The van der Waals surface area contributed by atoms with Crippen LogP contribution in [-0.4, -0.2) is 59.9 Å². The number of hydrogen-bond donors (Lipinski definition) is 3. The maximum Gasteiger partial charge on any atom is 0.271 e. The number of amides is 2. The molecule has 0 bridgehead atoms. The van der Waals surface area contributed by atoms with Gasteiger partial charge in [0.1, 0.15) is 5.75 Å². The van der Waals surface area contributed by atoms with Crippen LogP contribution < -0.4 is 26.0 Å². The van der Waals surface area contributed by atoms with Crippen LogP contribution in [-0.2, 0) is 4.79 Å². The zero-order valence-electron chi connectivity index (χ0n) is 19.7. The first-order chi connectivity index (χ1) is 17.3. The number of hydrogen-bond acceptors (Lipinski definition) is 8. The molecule has 3 aromatic rings. The number of benzene rings is 2. The van der Waals surface area contributed by atoms with Crippen molar-refractivity contribution in [3.05, 3.63) is 72.0 Å². The summed E-state index contributed by atoms with van der Waals surface area (Å²) in [6.45, 7) is 7.13. The summed E-state index contributed by atoms with van der Waals surface area (Å²) in [6, 6.07) is 12.3. The maximum atomic E-state index is 12.0. The number of piperazine rings is 1. The highest BCUT2D eigenvalue weighted by Crippen LogP contribution is 2.32. The molecule has 0 atom stereocenters. The molecule has 0 saturated carbocycles. The second-order valence-electron chi connectivity index (χ2n) is 8.17. The normalized spacial score (nSPS) is 13.7. The van der Waals surface area contributed by atoms with Gasteiger partial charge in [-0.1, -0.05) is 24.2 Å². The number of ether oxygens (including phenoxy) is 1. The highest BCUT2D eigenvalue weighted by molar-refractivity contribution is 6.33. The van der Waals surface area contributed by atoms with Crippen molar-refractivity contribution >= 4 is 46.3 Å². The highest BCUT2D eigenvalue weighted by Gasteiger charge is 2.18. The summed E-state index contributed by atoms with van der Waals surface area (Å²) in [4.78, 5) is 36.5. The van der Waals surface area contributed by atoms with Crippen molar-refractivity contribution in [2.24, 2.45) is 5.73 Å². The van der Waals surface area contributed by atoms with E-state index in [1.807, 2.05) is 12.1 Å². The van der Waals surface area contributed by atoms with Crippen molar-refractivity contribution in [1.82, 2.24) is 14.9 Å². The number of carbonyl (C=O) groups excluding carboxylic acids is 2. The van der Waals surface area contributed by atoms with Gasteiger partial charge in [-0.05, 0) is 43.5 Å². The molecule has 4 rings (SSSR count). The summed E-state index contributed by atoms with van der Waals surface area (Å²) in [6.07, 6.45) is 2.47. The lowest BCUT2D eigenvalue weighted by Gasteiger charge is -2.34. The monoisotopic (exact) mass is 507 g/mol. The molecule has 36 heavy (non-hydrogen) atoms. The van der Waals surface area contributed by atoms with Gasteiger partial charge in [0.15, 0.2) is 11.5 Å². The van der Waals surface area contributed by atoms with Gasteiger partial charge in [-0.3, -0.25) is 9.59 Å². The molecule has 2 aromatic carbocycles. The van der Waals surface area contributed by atoms with Crippen LogP contribution in [0.5, 0.6) is 11.6 Å². The van der Waals surface area contributed by atoms with E-state index in [0.29, 0.717) is 22.1 Å². The van der Waals surface area contributed by atoms with Crippen LogP contribution in [0.2, 0.25) is 5.02 Å². The Kier molecular flexibility index (Phi) is 7.67. The van der Waals surface area contributed by atoms with Crippen LogP contribution in [0, 0.1) is 0 Å². The molecule has 0 aliphatic carbocycles. The lowest BCUT2D eigenvalue weighted by Crippen LogP contribution is -2.44. The molecular weight excluding hydrogens is 482 g/mol. The Morgan fingerprint density at radius 2 is 1.92 bits per heavy atom. The average Bonchev–Trinajstić information content (AvgIpc) is 2.85. The minimum Gasteiger partial charge on any atom is -0.437 e. The minimum absolute atomic E-state index is 0.0476. The summed E-state index contributed by atoms with van der Waals surface area (Å²) in [5.74, 6) is -0.440. The third kappa shape index (κ3) is 6.09. The quantitative estimate of drug-likeness (QED) is 0.394. The van der Waals surface area contributed by atoms with Crippen LogP contribution in [0.1, 0.15) is 10.5 Å². The Morgan fingerprint density at radius 1 is 1.14 bits per heavy atom. The molecule has 10 nitrogen and oxygen atoms in total. The topological polar surface area (TPSA) is 126 Å². The SMILES string of the molecule is C=CC(=O)Nc1cccc(Oc2cnc(C(N)=O)c(Nc3ccc(N4CCN(C)CC4)c(Cl)c3)n2)c1. The molecule has 0 spiro atoms. The van der Waals surface area contributed by atoms with E-state index in [0.717, 1.165) is 31.9 Å². The Bertz CT molecular complexity index is 1290. The molecular formula is C25H26ClN7O3. The second-order valence-corrected chi connectivity index (χ2v) is 8.58. The average molecular weight is 508 g/mol.